The van der Waals surface area contributed by atoms with Crippen LogP contribution in [0.15, 0.2) is 36.9 Å². The number of rotatable bonds is 4. The molecule has 0 spiro atoms. The molecular weight excluding hydrogens is 254 g/mol. The van der Waals surface area contributed by atoms with Crippen molar-refractivity contribution < 1.29 is 18.0 Å². The Kier molecular flexibility index (Phi) is 4.81. The van der Waals surface area contributed by atoms with Crippen LogP contribution in [-0.2, 0) is 4.79 Å². The minimum atomic E-state index is -4.92. The average Bonchev–Trinajstić information content (AvgIpc) is 2.34. The van der Waals surface area contributed by atoms with Gasteiger partial charge in [0.25, 0.3) is 0 Å². The summed E-state index contributed by atoms with van der Waals surface area (Å²) in [6, 6.07) is 5.73. The van der Waals surface area contributed by atoms with Gasteiger partial charge < -0.3 is 4.90 Å². The van der Waals surface area contributed by atoms with Crippen LogP contribution >= 0.6 is 0 Å². The molecule has 1 atom stereocenters. The fraction of sp³-hybridized carbons (Fsp3) is 0.308. The number of hydrogen-bond donors (Lipinski definition) is 0. The molecule has 0 aliphatic carbocycles. The summed E-state index contributed by atoms with van der Waals surface area (Å²) in [7, 11) is 5.72. The van der Waals surface area contributed by atoms with E-state index in [0.29, 0.717) is 15.9 Å². The molecule has 1 amide bonds. The molecule has 1 aromatic carbocycles. The SMILES string of the molecule is [B]c1ccccc1C(C)N(CC=C)C(=O)C(F)(F)F. The van der Waals surface area contributed by atoms with E-state index in [9.17, 15) is 18.0 Å². The Bertz CT molecular complexity index is 473. The second-order valence-electron chi connectivity index (χ2n) is 4.05. The molecule has 0 saturated carbocycles. The number of hydrogen-bond acceptors (Lipinski definition) is 1. The Morgan fingerprint density at radius 1 is 1.47 bits per heavy atom. The van der Waals surface area contributed by atoms with Gasteiger partial charge in [-0.25, -0.2) is 0 Å². The highest BCUT2D eigenvalue weighted by Crippen LogP contribution is 2.25. The van der Waals surface area contributed by atoms with Crippen molar-refractivity contribution in [1.82, 2.24) is 4.90 Å². The van der Waals surface area contributed by atoms with Gasteiger partial charge >= 0.3 is 12.1 Å². The molecule has 1 unspecified atom stereocenters. The van der Waals surface area contributed by atoms with Gasteiger partial charge in [-0.3, -0.25) is 4.79 Å². The lowest BCUT2D eigenvalue weighted by Gasteiger charge is -2.30. The maximum Gasteiger partial charge on any atom is 0.471 e. The van der Waals surface area contributed by atoms with Crippen LogP contribution in [0, 0.1) is 0 Å². The van der Waals surface area contributed by atoms with E-state index in [0.717, 1.165) is 0 Å². The highest BCUT2D eigenvalue weighted by Gasteiger charge is 2.43. The molecule has 2 radical (unpaired) electrons. The third-order valence-electron chi connectivity index (χ3n) is 2.74. The number of benzene rings is 1. The first-order valence-electron chi connectivity index (χ1n) is 5.62. The largest absolute Gasteiger partial charge is 0.471 e. The van der Waals surface area contributed by atoms with Crippen molar-refractivity contribution in [2.24, 2.45) is 0 Å². The summed E-state index contributed by atoms with van der Waals surface area (Å²) in [4.78, 5) is 12.1. The minimum Gasteiger partial charge on any atom is -0.324 e. The lowest BCUT2D eigenvalue weighted by Crippen LogP contribution is -2.43. The second kappa shape index (κ2) is 5.95. The van der Waals surface area contributed by atoms with E-state index in [-0.39, 0.29) is 6.54 Å². The summed E-state index contributed by atoms with van der Waals surface area (Å²) in [6.45, 7) is 4.67. The highest BCUT2D eigenvalue weighted by molar-refractivity contribution is 6.33. The van der Waals surface area contributed by atoms with Crippen molar-refractivity contribution in [3.63, 3.8) is 0 Å². The maximum absolute atomic E-state index is 12.5. The molecule has 0 fully saturated rings. The van der Waals surface area contributed by atoms with Gasteiger partial charge in [-0.2, -0.15) is 13.2 Å². The first-order chi connectivity index (χ1) is 8.79. The van der Waals surface area contributed by atoms with E-state index < -0.39 is 18.1 Å². The lowest BCUT2D eigenvalue weighted by molar-refractivity contribution is -0.187. The topological polar surface area (TPSA) is 20.3 Å². The molecule has 6 heteroatoms. The molecule has 0 aliphatic heterocycles. The number of carbonyl (C=O) groups excluding carboxylic acids is 1. The zero-order chi connectivity index (χ0) is 14.6. The summed E-state index contributed by atoms with van der Waals surface area (Å²) in [5, 5.41) is 0. The average molecular weight is 267 g/mol. The summed E-state index contributed by atoms with van der Waals surface area (Å²) < 4.78 is 37.6. The molecule has 0 saturated heterocycles. The number of amides is 1. The van der Waals surface area contributed by atoms with Crippen molar-refractivity contribution in [2.75, 3.05) is 6.54 Å². The predicted molar refractivity (Wildman–Crippen MR) is 68.2 cm³/mol. The Labute approximate surface area is 111 Å². The first kappa shape index (κ1) is 15.3. The smallest absolute Gasteiger partial charge is 0.324 e. The molecule has 0 heterocycles. The Morgan fingerprint density at radius 3 is 2.53 bits per heavy atom. The van der Waals surface area contributed by atoms with Crippen molar-refractivity contribution in [3.8, 4) is 0 Å². The number of alkyl halides is 3. The molecule has 0 aromatic heterocycles. The first-order valence-corrected chi connectivity index (χ1v) is 5.62. The molecule has 19 heavy (non-hydrogen) atoms. The third-order valence-corrected chi connectivity index (χ3v) is 2.74. The molecule has 100 valence electrons. The zero-order valence-corrected chi connectivity index (χ0v) is 10.4. The summed E-state index contributed by atoms with van der Waals surface area (Å²) in [5.41, 5.74) is 0.820. The van der Waals surface area contributed by atoms with Gasteiger partial charge in [-0.15, -0.1) is 6.58 Å². The van der Waals surface area contributed by atoms with Gasteiger partial charge in [0.1, 0.15) is 7.85 Å². The summed E-state index contributed by atoms with van der Waals surface area (Å²) >= 11 is 0. The van der Waals surface area contributed by atoms with Gasteiger partial charge in [-0.1, -0.05) is 35.8 Å². The van der Waals surface area contributed by atoms with Gasteiger partial charge in [-0.05, 0) is 12.5 Å². The van der Waals surface area contributed by atoms with Gasteiger partial charge in [0.05, 0.1) is 6.04 Å². The molecule has 2 nitrogen and oxygen atoms in total. The fourth-order valence-electron chi connectivity index (χ4n) is 1.78. The standard InChI is InChI=1S/C13H13BF3NO/c1-3-8-18(12(19)13(15,16)17)9(2)10-6-4-5-7-11(10)14/h3-7,9H,1,8H2,2H3. The van der Waals surface area contributed by atoms with E-state index in [2.05, 4.69) is 6.58 Å². The van der Waals surface area contributed by atoms with Crippen LogP contribution in [0.4, 0.5) is 13.2 Å². The zero-order valence-electron chi connectivity index (χ0n) is 10.4. The third kappa shape index (κ3) is 3.62. The van der Waals surface area contributed by atoms with Gasteiger partial charge in [0, 0.05) is 6.54 Å². The Hall–Kier alpha value is -1.72. The van der Waals surface area contributed by atoms with E-state index >= 15 is 0 Å². The van der Waals surface area contributed by atoms with Crippen LogP contribution in [0.2, 0.25) is 0 Å². The monoisotopic (exact) mass is 267 g/mol. The molecule has 1 rings (SSSR count). The molecule has 1 aromatic rings. The van der Waals surface area contributed by atoms with E-state index in [1.807, 2.05) is 0 Å². The molecule has 0 aliphatic rings. The lowest BCUT2D eigenvalue weighted by atomic mass is 9.87. The normalized spacial score (nSPS) is 12.8. The van der Waals surface area contributed by atoms with E-state index in [1.165, 1.54) is 13.0 Å². The van der Waals surface area contributed by atoms with Crippen LogP contribution in [0.25, 0.3) is 0 Å². The molecular formula is C13H13BF3NO. The summed E-state index contributed by atoms with van der Waals surface area (Å²) in [6.07, 6.45) is -3.67. The number of halogens is 3. The minimum absolute atomic E-state index is 0.201. The van der Waals surface area contributed by atoms with Crippen molar-refractivity contribution in [2.45, 2.75) is 19.1 Å². The number of carbonyl (C=O) groups is 1. The fourth-order valence-corrected chi connectivity index (χ4v) is 1.78. The van der Waals surface area contributed by atoms with Crippen LogP contribution < -0.4 is 5.46 Å². The molecule has 0 bridgehead atoms. The van der Waals surface area contributed by atoms with Crippen LogP contribution in [0.1, 0.15) is 18.5 Å². The Morgan fingerprint density at radius 2 is 2.05 bits per heavy atom. The van der Waals surface area contributed by atoms with Crippen molar-refractivity contribution in [1.29, 1.82) is 0 Å². The highest BCUT2D eigenvalue weighted by atomic mass is 19.4. The van der Waals surface area contributed by atoms with Crippen molar-refractivity contribution >= 4 is 19.2 Å². The van der Waals surface area contributed by atoms with Crippen LogP contribution in [0.3, 0.4) is 0 Å². The van der Waals surface area contributed by atoms with Gasteiger partial charge in [0.15, 0.2) is 0 Å². The van der Waals surface area contributed by atoms with Crippen LogP contribution in [0.5, 0.6) is 0 Å². The Balaban J connectivity index is 3.10. The van der Waals surface area contributed by atoms with Crippen LogP contribution in [-0.4, -0.2) is 31.4 Å². The number of nitrogens with zero attached hydrogens (tertiary/aromatic N) is 1. The van der Waals surface area contributed by atoms with Crippen molar-refractivity contribution in [3.05, 3.63) is 42.5 Å². The predicted octanol–water partition coefficient (Wildman–Crippen LogP) is 2.12. The quantitative estimate of drug-likeness (QED) is 0.604. The molecule has 0 N–H and O–H groups in total. The van der Waals surface area contributed by atoms with E-state index in [1.54, 1.807) is 24.3 Å². The van der Waals surface area contributed by atoms with Gasteiger partial charge in [0.2, 0.25) is 0 Å². The maximum atomic E-state index is 12.5. The summed E-state index contributed by atoms with van der Waals surface area (Å²) in [5.74, 6) is -1.90. The second-order valence-corrected chi connectivity index (χ2v) is 4.05. The van der Waals surface area contributed by atoms with E-state index in [4.69, 9.17) is 7.85 Å².